The van der Waals surface area contributed by atoms with Crippen LogP contribution in [0.2, 0.25) is 0 Å². The van der Waals surface area contributed by atoms with Crippen LogP contribution in [-0.2, 0) is 9.57 Å². The van der Waals surface area contributed by atoms with Gasteiger partial charge in [-0.1, -0.05) is 39.0 Å². The third-order valence-electron chi connectivity index (χ3n) is 2.52. The van der Waals surface area contributed by atoms with Gasteiger partial charge in [-0.05, 0) is 13.3 Å². The molecular formula is C13H29NO3. The maximum absolute atomic E-state index is 9.48. The van der Waals surface area contributed by atoms with Crippen molar-refractivity contribution < 1.29 is 14.7 Å². The maximum atomic E-state index is 9.48. The van der Waals surface area contributed by atoms with Crippen molar-refractivity contribution in [2.75, 3.05) is 26.4 Å². The molecule has 0 radical (unpaired) electrons. The second-order valence-corrected chi connectivity index (χ2v) is 4.28. The molecule has 104 valence electrons. The lowest BCUT2D eigenvalue weighted by Crippen LogP contribution is -2.30. The molecule has 0 aromatic carbocycles. The molecule has 1 atom stereocenters. The van der Waals surface area contributed by atoms with Crippen molar-refractivity contribution in [1.29, 1.82) is 0 Å². The van der Waals surface area contributed by atoms with Gasteiger partial charge in [0.15, 0.2) is 0 Å². The fourth-order valence-corrected chi connectivity index (χ4v) is 1.52. The molecule has 17 heavy (non-hydrogen) atoms. The summed E-state index contributed by atoms with van der Waals surface area (Å²) in [5.74, 6) is 0. The number of aliphatic hydroxyl groups excluding tert-OH is 1. The molecule has 0 fully saturated rings. The third kappa shape index (κ3) is 13.8. The van der Waals surface area contributed by atoms with E-state index in [4.69, 9.17) is 9.57 Å². The minimum Gasteiger partial charge on any atom is -0.389 e. The second kappa shape index (κ2) is 13.9. The number of hydrogen-bond donors (Lipinski definition) is 2. The summed E-state index contributed by atoms with van der Waals surface area (Å²) >= 11 is 0. The van der Waals surface area contributed by atoms with Gasteiger partial charge in [-0.3, -0.25) is 0 Å². The molecule has 0 aliphatic heterocycles. The molecular weight excluding hydrogens is 218 g/mol. The largest absolute Gasteiger partial charge is 0.389 e. The molecule has 0 aliphatic rings. The van der Waals surface area contributed by atoms with Crippen molar-refractivity contribution in [3.63, 3.8) is 0 Å². The summed E-state index contributed by atoms with van der Waals surface area (Å²) < 4.78 is 5.39. The highest BCUT2D eigenvalue weighted by Gasteiger charge is 2.03. The fraction of sp³-hybridized carbons (Fsp3) is 1.00. The molecule has 4 heteroatoms. The van der Waals surface area contributed by atoms with Gasteiger partial charge in [-0.2, -0.15) is 5.48 Å². The zero-order valence-electron chi connectivity index (χ0n) is 11.4. The quantitative estimate of drug-likeness (QED) is 0.387. The van der Waals surface area contributed by atoms with Gasteiger partial charge < -0.3 is 14.7 Å². The van der Waals surface area contributed by atoms with Crippen molar-refractivity contribution in [2.45, 2.75) is 58.5 Å². The zero-order valence-corrected chi connectivity index (χ0v) is 11.4. The molecule has 0 rings (SSSR count). The van der Waals surface area contributed by atoms with Crippen LogP contribution in [0.5, 0.6) is 0 Å². The first-order chi connectivity index (χ1) is 8.31. The average Bonchev–Trinajstić information content (AvgIpc) is 2.33. The first-order valence-electron chi connectivity index (χ1n) is 6.91. The lowest BCUT2D eigenvalue weighted by molar-refractivity contribution is -0.0116. The van der Waals surface area contributed by atoms with Crippen molar-refractivity contribution in [3.05, 3.63) is 0 Å². The van der Waals surface area contributed by atoms with Crippen LogP contribution >= 0.6 is 0 Å². The predicted octanol–water partition coefficient (Wildman–Crippen LogP) is 2.27. The van der Waals surface area contributed by atoms with E-state index in [0.29, 0.717) is 19.8 Å². The number of aliphatic hydroxyl groups is 1. The molecule has 0 aliphatic carbocycles. The molecule has 0 aromatic heterocycles. The normalized spacial score (nSPS) is 12.9. The van der Waals surface area contributed by atoms with Crippen LogP contribution in [0, 0.1) is 0 Å². The number of unbranched alkanes of at least 4 members (excludes halogenated alkanes) is 5. The van der Waals surface area contributed by atoms with Crippen molar-refractivity contribution >= 4 is 0 Å². The molecule has 0 aromatic rings. The maximum Gasteiger partial charge on any atom is 0.0920 e. The molecule has 0 saturated carbocycles. The summed E-state index contributed by atoms with van der Waals surface area (Å²) in [5, 5.41) is 9.48. The first kappa shape index (κ1) is 16.8. The van der Waals surface area contributed by atoms with E-state index < -0.39 is 6.10 Å². The summed E-state index contributed by atoms with van der Waals surface area (Å²) in [6.45, 7) is 6.28. The van der Waals surface area contributed by atoms with E-state index in [2.05, 4.69) is 12.4 Å². The molecule has 1 unspecified atom stereocenters. The Hall–Kier alpha value is -0.160. The van der Waals surface area contributed by atoms with Crippen LogP contribution in [0.15, 0.2) is 0 Å². The Bertz CT molecular complexity index is 145. The average molecular weight is 247 g/mol. The Morgan fingerprint density at radius 2 is 1.76 bits per heavy atom. The predicted molar refractivity (Wildman–Crippen MR) is 69.8 cm³/mol. The summed E-state index contributed by atoms with van der Waals surface area (Å²) in [7, 11) is 0. The Labute approximate surface area is 106 Å². The van der Waals surface area contributed by atoms with Crippen LogP contribution in [-0.4, -0.2) is 37.6 Å². The minimum absolute atomic E-state index is 0.384. The Balaban J connectivity index is 3.05. The van der Waals surface area contributed by atoms with E-state index in [1.54, 1.807) is 0 Å². The first-order valence-corrected chi connectivity index (χ1v) is 6.91. The Kier molecular flexibility index (Phi) is 13.8. The Morgan fingerprint density at radius 3 is 2.47 bits per heavy atom. The van der Waals surface area contributed by atoms with E-state index in [9.17, 15) is 5.11 Å². The van der Waals surface area contributed by atoms with E-state index in [0.717, 1.165) is 13.0 Å². The van der Waals surface area contributed by atoms with Crippen molar-refractivity contribution in [3.8, 4) is 0 Å². The molecule has 2 N–H and O–H groups in total. The third-order valence-corrected chi connectivity index (χ3v) is 2.52. The van der Waals surface area contributed by atoms with E-state index in [1.165, 1.54) is 32.1 Å². The highest BCUT2D eigenvalue weighted by Crippen LogP contribution is 2.04. The van der Waals surface area contributed by atoms with Gasteiger partial charge in [0, 0.05) is 13.2 Å². The van der Waals surface area contributed by atoms with E-state index in [-0.39, 0.29) is 0 Å². The summed E-state index contributed by atoms with van der Waals surface area (Å²) in [4.78, 5) is 4.92. The van der Waals surface area contributed by atoms with Gasteiger partial charge in [0.25, 0.3) is 0 Å². The molecule has 0 amide bonds. The topological polar surface area (TPSA) is 50.7 Å². The molecule has 0 saturated heterocycles. The molecule has 0 heterocycles. The fourth-order valence-electron chi connectivity index (χ4n) is 1.52. The summed E-state index contributed by atoms with van der Waals surface area (Å²) in [6.07, 6.45) is 7.09. The highest BCUT2D eigenvalue weighted by molar-refractivity contribution is 4.53. The van der Waals surface area contributed by atoms with E-state index >= 15 is 0 Å². The van der Waals surface area contributed by atoms with Gasteiger partial charge in [-0.15, -0.1) is 0 Å². The van der Waals surface area contributed by atoms with Gasteiger partial charge in [0.1, 0.15) is 0 Å². The van der Waals surface area contributed by atoms with E-state index in [1.807, 2.05) is 6.92 Å². The van der Waals surface area contributed by atoms with Crippen molar-refractivity contribution in [2.24, 2.45) is 0 Å². The molecule has 4 nitrogen and oxygen atoms in total. The van der Waals surface area contributed by atoms with Crippen LogP contribution in [0.1, 0.15) is 52.4 Å². The minimum atomic E-state index is -0.485. The molecule has 0 spiro atoms. The summed E-state index contributed by atoms with van der Waals surface area (Å²) in [6, 6.07) is 0. The van der Waals surface area contributed by atoms with Gasteiger partial charge in [0.05, 0.1) is 19.3 Å². The number of ether oxygens (including phenoxy) is 1. The Morgan fingerprint density at radius 1 is 1.06 bits per heavy atom. The summed E-state index contributed by atoms with van der Waals surface area (Å²) in [5.41, 5.74) is 2.68. The SMILES string of the molecule is CCCCCCCCOCC(O)CNOCC. The molecule has 0 bridgehead atoms. The van der Waals surface area contributed by atoms with Crippen LogP contribution in [0.3, 0.4) is 0 Å². The van der Waals surface area contributed by atoms with Gasteiger partial charge in [0.2, 0.25) is 0 Å². The number of rotatable bonds is 13. The lowest BCUT2D eigenvalue weighted by atomic mass is 10.1. The highest BCUT2D eigenvalue weighted by atomic mass is 16.6. The van der Waals surface area contributed by atoms with Gasteiger partial charge in [-0.25, -0.2) is 0 Å². The smallest absolute Gasteiger partial charge is 0.0920 e. The standard InChI is InChI=1S/C13H29NO3/c1-3-5-6-7-8-9-10-16-12-13(15)11-14-17-4-2/h13-15H,3-12H2,1-2H3. The zero-order chi connectivity index (χ0) is 12.8. The van der Waals surface area contributed by atoms with Crippen LogP contribution in [0.4, 0.5) is 0 Å². The lowest BCUT2D eigenvalue weighted by Gasteiger charge is -2.11. The second-order valence-electron chi connectivity index (χ2n) is 4.28. The number of nitrogens with one attached hydrogen (secondary N) is 1. The van der Waals surface area contributed by atoms with Crippen LogP contribution in [0.25, 0.3) is 0 Å². The number of hydroxylamine groups is 1. The van der Waals surface area contributed by atoms with Gasteiger partial charge >= 0.3 is 0 Å². The van der Waals surface area contributed by atoms with Crippen molar-refractivity contribution in [1.82, 2.24) is 5.48 Å². The number of hydrogen-bond acceptors (Lipinski definition) is 4. The van der Waals surface area contributed by atoms with Crippen LogP contribution < -0.4 is 5.48 Å². The monoisotopic (exact) mass is 247 g/mol.